The predicted octanol–water partition coefficient (Wildman–Crippen LogP) is 3.82. The predicted molar refractivity (Wildman–Crippen MR) is 121 cm³/mol. The van der Waals surface area contributed by atoms with E-state index in [0.29, 0.717) is 18.7 Å². The molecule has 0 aliphatic heterocycles. The van der Waals surface area contributed by atoms with Gasteiger partial charge in [-0.2, -0.15) is 0 Å². The van der Waals surface area contributed by atoms with Gasteiger partial charge in [0, 0.05) is 6.20 Å². The van der Waals surface area contributed by atoms with Crippen LogP contribution in [0.5, 0.6) is 0 Å². The maximum absolute atomic E-state index is 13.1. The van der Waals surface area contributed by atoms with E-state index >= 15 is 0 Å². The van der Waals surface area contributed by atoms with Crippen LogP contribution in [0.1, 0.15) is 22.3 Å². The van der Waals surface area contributed by atoms with E-state index in [-0.39, 0.29) is 24.4 Å². The molecule has 0 bridgehead atoms. The molecule has 0 amide bonds. The average molecular weight is 412 g/mol. The van der Waals surface area contributed by atoms with Crippen molar-refractivity contribution in [1.29, 1.82) is 0 Å². The van der Waals surface area contributed by atoms with Crippen LogP contribution >= 0.6 is 0 Å². The Morgan fingerprint density at radius 2 is 1.13 bits per heavy atom. The van der Waals surface area contributed by atoms with Crippen molar-refractivity contribution in [2.24, 2.45) is 0 Å². The molecule has 5 nitrogen and oxygen atoms in total. The molecule has 0 saturated carbocycles. The van der Waals surface area contributed by atoms with Gasteiger partial charge in [-0.05, 0) is 16.7 Å². The van der Waals surface area contributed by atoms with E-state index in [4.69, 9.17) is 4.74 Å². The molecule has 0 fully saturated rings. The first-order chi connectivity index (χ1) is 15.2. The summed E-state index contributed by atoms with van der Waals surface area (Å²) in [6.45, 7) is 1.15. The van der Waals surface area contributed by atoms with Crippen molar-refractivity contribution < 1.29 is 4.74 Å². The van der Waals surface area contributed by atoms with Gasteiger partial charge < -0.3 is 4.74 Å². The number of hydrogen-bond donors (Lipinski definition) is 0. The Bertz CT molecular complexity index is 1230. The van der Waals surface area contributed by atoms with E-state index in [0.717, 1.165) is 16.7 Å². The summed E-state index contributed by atoms with van der Waals surface area (Å²) < 4.78 is 8.68. The van der Waals surface area contributed by atoms with Crippen molar-refractivity contribution in [3.8, 4) is 0 Å². The molecule has 4 rings (SSSR count). The Morgan fingerprint density at radius 3 is 1.71 bits per heavy atom. The van der Waals surface area contributed by atoms with Crippen LogP contribution in [0.3, 0.4) is 0 Å². The molecule has 0 aliphatic rings. The van der Waals surface area contributed by atoms with Gasteiger partial charge in [0.2, 0.25) is 0 Å². The van der Waals surface area contributed by atoms with Crippen LogP contribution in [0.15, 0.2) is 107 Å². The van der Waals surface area contributed by atoms with Gasteiger partial charge in [0.15, 0.2) is 0 Å². The molecule has 0 radical (unpaired) electrons. The topological polar surface area (TPSA) is 53.2 Å². The molecule has 0 aliphatic carbocycles. The Hall–Kier alpha value is -3.70. The van der Waals surface area contributed by atoms with E-state index in [2.05, 4.69) is 0 Å². The number of hydrogen-bond acceptors (Lipinski definition) is 3. The third-order valence-corrected chi connectivity index (χ3v) is 5.06. The lowest BCUT2D eigenvalue weighted by molar-refractivity contribution is 0.105. The zero-order valence-electron chi connectivity index (χ0n) is 17.2. The van der Waals surface area contributed by atoms with Crippen LogP contribution in [0, 0.1) is 0 Å². The summed E-state index contributed by atoms with van der Waals surface area (Å²) in [6.07, 6.45) is 1.63. The first-order valence-corrected chi connectivity index (χ1v) is 10.2. The van der Waals surface area contributed by atoms with Crippen LogP contribution in [0.4, 0.5) is 0 Å². The van der Waals surface area contributed by atoms with Gasteiger partial charge in [0.1, 0.15) is 0 Å². The summed E-state index contributed by atoms with van der Waals surface area (Å²) in [6, 6.07) is 29.1. The lowest BCUT2D eigenvalue weighted by atomic mass is 10.2. The van der Waals surface area contributed by atoms with E-state index in [1.165, 1.54) is 4.57 Å². The number of ether oxygens (including phenoxy) is 1. The van der Waals surface area contributed by atoms with Crippen LogP contribution in [0.2, 0.25) is 0 Å². The fourth-order valence-corrected chi connectivity index (χ4v) is 3.46. The molecule has 4 aromatic rings. The smallest absolute Gasteiger partial charge is 0.331 e. The van der Waals surface area contributed by atoms with Crippen molar-refractivity contribution in [2.75, 3.05) is 0 Å². The van der Waals surface area contributed by atoms with Gasteiger partial charge in [-0.1, -0.05) is 91.0 Å². The standard InChI is InChI=1S/C26H24N2O3/c29-25-24(20-31-19-23-14-8-3-9-15-23)18-27(16-21-10-4-1-5-11-21)26(30)28(25)17-22-12-6-2-7-13-22/h1-15,18H,16-17,19-20H2. The molecule has 0 atom stereocenters. The van der Waals surface area contributed by atoms with Gasteiger partial charge in [0.25, 0.3) is 5.56 Å². The third kappa shape index (κ3) is 5.27. The van der Waals surface area contributed by atoms with Gasteiger partial charge >= 0.3 is 5.69 Å². The summed E-state index contributed by atoms with van der Waals surface area (Å²) in [5, 5.41) is 0. The number of aromatic nitrogens is 2. The van der Waals surface area contributed by atoms with E-state index in [1.54, 1.807) is 10.8 Å². The summed E-state index contributed by atoms with van der Waals surface area (Å²) >= 11 is 0. The zero-order chi connectivity index (χ0) is 21.5. The third-order valence-electron chi connectivity index (χ3n) is 5.06. The number of nitrogens with zero attached hydrogens (tertiary/aromatic N) is 2. The van der Waals surface area contributed by atoms with Crippen LogP contribution in [-0.2, 0) is 31.0 Å². The van der Waals surface area contributed by atoms with E-state index in [1.807, 2.05) is 91.0 Å². The minimum absolute atomic E-state index is 0.136. The molecule has 5 heteroatoms. The zero-order valence-corrected chi connectivity index (χ0v) is 17.2. The number of rotatable bonds is 8. The monoisotopic (exact) mass is 412 g/mol. The highest BCUT2D eigenvalue weighted by molar-refractivity contribution is 5.18. The Labute approximate surface area is 180 Å². The molecule has 0 spiro atoms. The highest BCUT2D eigenvalue weighted by Gasteiger charge is 2.13. The lowest BCUT2D eigenvalue weighted by Crippen LogP contribution is -2.41. The average Bonchev–Trinajstić information content (AvgIpc) is 2.81. The molecule has 0 N–H and O–H groups in total. The minimum Gasteiger partial charge on any atom is -0.372 e. The van der Waals surface area contributed by atoms with Crippen molar-refractivity contribution in [3.63, 3.8) is 0 Å². The summed E-state index contributed by atoms with van der Waals surface area (Å²) in [5.74, 6) is 0. The quantitative estimate of drug-likeness (QED) is 0.442. The Kier molecular flexibility index (Phi) is 6.55. The molecule has 0 unspecified atom stereocenters. The fourth-order valence-electron chi connectivity index (χ4n) is 3.46. The van der Waals surface area contributed by atoms with Gasteiger partial charge in [0.05, 0.1) is 31.9 Å². The molecule has 156 valence electrons. The van der Waals surface area contributed by atoms with Crippen molar-refractivity contribution in [2.45, 2.75) is 26.3 Å². The van der Waals surface area contributed by atoms with Crippen molar-refractivity contribution >= 4 is 0 Å². The Balaban J connectivity index is 1.65. The molecular formula is C26H24N2O3. The fraction of sp³-hybridized carbons (Fsp3) is 0.154. The lowest BCUT2D eigenvalue weighted by Gasteiger charge is -2.14. The van der Waals surface area contributed by atoms with Crippen LogP contribution in [-0.4, -0.2) is 9.13 Å². The molecule has 3 aromatic carbocycles. The molecular weight excluding hydrogens is 388 g/mol. The normalized spacial score (nSPS) is 10.8. The number of benzene rings is 3. The molecule has 1 aromatic heterocycles. The summed E-state index contributed by atoms with van der Waals surface area (Å²) in [7, 11) is 0. The highest BCUT2D eigenvalue weighted by atomic mass is 16.5. The van der Waals surface area contributed by atoms with E-state index < -0.39 is 0 Å². The van der Waals surface area contributed by atoms with Crippen LogP contribution < -0.4 is 11.2 Å². The first-order valence-electron chi connectivity index (χ1n) is 10.2. The van der Waals surface area contributed by atoms with E-state index in [9.17, 15) is 9.59 Å². The second-order valence-electron chi connectivity index (χ2n) is 7.41. The summed E-state index contributed by atoms with van der Waals surface area (Å²) in [4.78, 5) is 26.2. The second kappa shape index (κ2) is 9.87. The summed E-state index contributed by atoms with van der Waals surface area (Å²) in [5.41, 5.74) is 2.74. The van der Waals surface area contributed by atoms with Crippen molar-refractivity contribution in [3.05, 3.63) is 140 Å². The molecule has 1 heterocycles. The van der Waals surface area contributed by atoms with Crippen molar-refractivity contribution in [1.82, 2.24) is 9.13 Å². The largest absolute Gasteiger partial charge is 0.372 e. The Morgan fingerprint density at radius 1 is 0.613 bits per heavy atom. The van der Waals surface area contributed by atoms with Crippen LogP contribution in [0.25, 0.3) is 0 Å². The maximum atomic E-state index is 13.1. The first kappa shape index (κ1) is 20.6. The SMILES string of the molecule is O=c1c(COCc2ccccc2)cn(Cc2ccccc2)c(=O)n1Cc1ccccc1. The maximum Gasteiger partial charge on any atom is 0.331 e. The molecule has 0 saturated heterocycles. The molecule has 31 heavy (non-hydrogen) atoms. The second-order valence-corrected chi connectivity index (χ2v) is 7.41. The van der Waals surface area contributed by atoms with Gasteiger partial charge in [-0.15, -0.1) is 0 Å². The minimum atomic E-state index is -0.329. The highest BCUT2D eigenvalue weighted by Crippen LogP contribution is 2.06. The van der Waals surface area contributed by atoms with Gasteiger partial charge in [-0.3, -0.25) is 13.9 Å². The van der Waals surface area contributed by atoms with Gasteiger partial charge in [-0.25, -0.2) is 4.79 Å².